The van der Waals surface area contributed by atoms with Crippen LogP contribution in [-0.4, -0.2) is 44.9 Å². The zero-order chi connectivity index (χ0) is 18.4. The minimum Gasteiger partial charge on any atom is -0.377 e. The van der Waals surface area contributed by atoms with Gasteiger partial charge in [0, 0.05) is 30.7 Å². The van der Waals surface area contributed by atoms with Crippen LogP contribution in [0.1, 0.15) is 18.4 Å². The molecule has 1 atom stereocenters. The normalized spacial score (nSPS) is 17.7. The van der Waals surface area contributed by atoms with Crippen molar-refractivity contribution in [3.63, 3.8) is 0 Å². The second kappa shape index (κ2) is 9.13. The van der Waals surface area contributed by atoms with E-state index in [9.17, 15) is 8.42 Å². The van der Waals surface area contributed by atoms with Gasteiger partial charge in [0.15, 0.2) is 9.84 Å². The Balaban J connectivity index is 1.66. The quantitative estimate of drug-likeness (QED) is 0.627. The third-order valence-electron chi connectivity index (χ3n) is 4.58. The first-order chi connectivity index (χ1) is 12.5. The maximum Gasteiger partial charge on any atom is 0.179 e. The average Bonchev–Trinajstić information content (AvgIpc) is 3.14. The molecule has 1 fully saturated rings. The van der Waals surface area contributed by atoms with Crippen molar-refractivity contribution in [3.05, 3.63) is 64.6 Å². The SMILES string of the molecule is O=S(=O)(CCN(Cc1ccccc1)CC1CCCO1)c1ccc(Br)cc1. The van der Waals surface area contributed by atoms with E-state index in [1.165, 1.54) is 5.56 Å². The molecule has 1 aliphatic rings. The van der Waals surface area contributed by atoms with E-state index in [1.54, 1.807) is 24.3 Å². The van der Waals surface area contributed by atoms with Crippen LogP contribution in [0.15, 0.2) is 64.0 Å². The molecular formula is C20H24BrNO3S. The average molecular weight is 438 g/mol. The summed E-state index contributed by atoms with van der Waals surface area (Å²) in [6.07, 6.45) is 2.33. The minimum atomic E-state index is -3.30. The van der Waals surface area contributed by atoms with Gasteiger partial charge in [-0.05, 0) is 42.7 Å². The maximum absolute atomic E-state index is 12.7. The summed E-state index contributed by atoms with van der Waals surface area (Å²) in [7, 11) is -3.30. The van der Waals surface area contributed by atoms with Crippen LogP contribution in [0.2, 0.25) is 0 Å². The fraction of sp³-hybridized carbons (Fsp3) is 0.400. The van der Waals surface area contributed by atoms with Crippen LogP contribution in [0.25, 0.3) is 0 Å². The van der Waals surface area contributed by atoms with Crippen molar-refractivity contribution in [2.75, 3.05) is 25.4 Å². The number of nitrogens with zero attached hydrogens (tertiary/aromatic N) is 1. The Morgan fingerprint density at radius 3 is 2.46 bits per heavy atom. The van der Waals surface area contributed by atoms with Gasteiger partial charge in [0.1, 0.15) is 0 Å². The third kappa shape index (κ3) is 5.64. The van der Waals surface area contributed by atoms with Gasteiger partial charge >= 0.3 is 0 Å². The number of benzene rings is 2. The zero-order valence-electron chi connectivity index (χ0n) is 14.7. The van der Waals surface area contributed by atoms with Gasteiger partial charge < -0.3 is 4.74 Å². The zero-order valence-corrected chi connectivity index (χ0v) is 17.1. The summed E-state index contributed by atoms with van der Waals surface area (Å²) in [5, 5.41) is 0. The number of hydrogen-bond donors (Lipinski definition) is 0. The van der Waals surface area contributed by atoms with Crippen LogP contribution in [0.4, 0.5) is 0 Å². The van der Waals surface area contributed by atoms with E-state index in [4.69, 9.17) is 4.74 Å². The summed E-state index contributed by atoms with van der Waals surface area (Å²) < 4.78 is 32.0. The molecule has 1 unspecified atom stereocenters. The molecule has 0 N–H and O–H groups in total. The lowest BCUT2D eigenvalue weighted by molar-refractivity contribution is 0.0727. The second-order valence-corrected chi connectivity index (χ2v) is 9.65. The van der Waals surface area contributed by atoms with Crippen LogP contribution >= 0.6 is 15.9 Å². The molecule has 6 heteroatoms. The van der Waals surface area contributed by atoms with E-state index in [2.05, 4.69) is 33.0 Å². The van der Waals surface area contributed by atoms with E-state index in [-0.39, 0.29) is 11.9 Å². The van der Waals surface area contributed by atoms with Gasteiger partial charge in [0.25, 0.3) is 0 Å². The lowest BCUT2D eigenvalue weighted by Gasteiger charge is -2.25. The van der Waals surface area contributed by atoms with Crippen molar-refractivity contribution < 1.29 is 13.2 Å². The standard InChI is InChI=1S/C20H24BrNO3S/c21-18-8-10-20(11-9-18)26(23,24)14-12-22(16-19-7-4-13-25-19)15-17-5-2-1-3-6-17/h1-3,5-6,8-11,19H,4,7,12-16H2. The van der Waals surface area contributed by atoms with Gasteiger partial charge in [0.2, 0.25) is 0 Å². The summed E-state index contributed by atoms with van der Waals surface area (Å²) in [6, 6.07) is 17.0. The fourth-order valence-corrected chi connectivity index (χ4v) is 4.71. The highest BCUT2D eigenvalue weighted by atomic mass is 79.9. The van der Waals surface area contributed by atoms with Crippen molar-refractivity contribution in [2.24, 2.45) is 0 Å². The van der Waals surface area contributed by atoms with Crippen molar-refractivity contribution in [1.82, 2.24) is 4.90 Å². The van der Waals surface area contributed by atoms with Gasteiger partial charge in [-0.2, -0.15) is 0 Å². The number of ether oxygens (including phenoxy) is 1. The van der Waals surface area contributed by atoms with Crippen LogP contribution in [0.3, 0.4) is 0 Å². The Bertz CT molecular complexity index is 788. The third-order valence-corrected chi connectivity index (χ3v) is 6.82. The predicted octanol–water partition coefficient (Wildman–Crippen LogP) is 3.90. The van der Waals surface area contributed by atoms with E-state index in [0.717, 1.165) is 37.0 Å². The highest BCUT2D eigenvalue weighted by molar-refractivity contribution is 9.10. The molecule has 0 radical (unpaired) electrons. The summed E-state index contributed by atoms with van der Waals surface area (Å²) in [6.45, 7) is 2.80. The molecule has 2 aromatic carbocycles. The fourth-order valence-electron chi connectivity index (χ4n) is 3.16. The molecular weight excluding hydrogens is 414 g/mol. The van der Waals surface area contributed by atoms with E-state index in [0.29, 0.717) is 11.4 Å². The molecule has 2 aromatic rings. The monoisotopic (exact) mass is 437 g/mol. The van der Waals surface area contributed by atoms with Crippen LogP contribution in [0.5, 0.6) is 0 Å². The lowest BCUT2D eigenvalue weighted by atomic mass is 10.2. The topological polar surface area (TPSA) is 46.6 Å². The molecule has 1 saturated heterocycles. The van der Waals surface area contributed by atoms with Gasteiger partial charge in [-0.25, -0.2) is 8.42 Å². The summed E-state index contributed by atoms with van der Waals surface area (Å²) in [5.74, 6) is 0.105. The number of halogens is 1. The number of hydrogen-bond acceptors (Lipinski definition) is 4. The number of sulfone groups is 1. The Labute approximate surface area is 164 Å². The molecule has 26 heavy (non-hydrogen) atoms. The Hall–Kier alpha value is -1.21. The molecule has 0 aliphatic carbocycles. The minimum absolute atomic E-state index is 0.105. The van der Waals surface area contributed by atoms with Gasteiger partial charge in [-0.3, -0.25) is 4.90 Å². The Morgan fingerprint density at radius 2 is 1.81 bits per heavy atom. The first-order valence-electron chi connectivity index (χ1n) is 8.89. The summed E-state index contributed by atoms with van der Waals surface area (Å²) in [5.41, 5.74) is 1.19. The molecule has 0 aromatic heterocycles. The first-order valence-corrected chi connectivity index (χ1v) is 11.3. The van der Waals surface area contributed by atoms with Crippen molar-refractivity contribution in [3.8, 4) is 0 Å². The van der Waals surface area contributed by atoms with Crippen molar-refractivity contribution >= 4 is 25.8 Å². The molecule has 140 valence electrons. The Kier molecular flexibility index (Phi) is 6.86. The van der Waals surface area contributed by atoms with Crippen molar-refractivity contribution in [1.29, 1.82) is 0 Å². The molecule has 0 spiro atoms. The molecule has 4 nitrogen and oxygen atoms in total. The predicted molar refractivity (Wildman–Crippen MR) is 107 cm³/mol. The smallest absolute Gasteiger partial charge is 0.179 e. The van der Waals surface area contributed by atoms with Crippen LogP contribution in [-0.2, 0) is 21.1 Å². The summed E-state index contributed by atoms with van der Waals surface area (Å²) >= 11 is 3.34. The largest absolute Gasteiger partial charge is 0.377 e. The second-order valence-electron chi connectivity index (χ2n) is 6.63. The van der Waals surface area contributed by atoms with Gasteiger partial charge in [-0.1, -0.05) is 46.3 Å². The lowest BCUT2D eigenvalue weighted by Crippen LogP contribution is -2.35. The van der Waals surface area contributed by atoms with E-state index >= 15 is 0 Å². The van der Waals surface area contributed by atoms with Gasteiger partial charge in [0.05, 0.1) is 16.8 Å². The Morgan fingerprint density at radius 1 is 1.08 bits per heavy atom. The van der Waals surface area contributed by atoms with Crippen LogP contribution in [0, 0.1) is 0 Å². The van der Waals surface area contributed by atoms with E-state index in [1.807, 2.05) is 18.2 Å². The molecule has 3 rings (SSSR count). The van der Waals surface area contributed by atoms with Crippen molar-refractivity contribution in [2.45, 2.75) is 30.4 Å². The molecule has 0 saturated carbocycles. The van der Waals surface area contributed by atoms with Gasteiger partial charge in [-0.15, -0.1) is 0 Å². The van der Waals surface area contributed by atoms with Crippen LogP contribution < -0.4 is 0 Å². The highest BCUT2D eigenvalue weighted by Crippen LogP contribution is 2.18. The molecule has 0 amide bonds. The molecule has 0 bridgehead atoms. The first kappa shape index (κ1) is 19.5. The molecule has 1 aliphatic heterocycles. The highest BCUT2D eigenvalue weighted by Gasteiger charge is 2.22. The maximum atomic E-state index is 12.7. The molecule has 1 heterocycles. The van der Waals surface area contributed by atoms with E-state index < -0.39 is 9.84 Å². The summed E-state index contributed by atoms with van der Waals surface area (Å²) in [4.78, 5) is 2.57. The number of rotatable bonds is 8.